The van der Waals surface area contributed by atoms with Gasteiger partial charge in [0, 0.05) is 12.6 Å². The minimum Gasteiger partial charge on any atom is -0.368 e. The molecule has 3 nitrogen and oxygen atoms in total. The Morgan fingerprint density at radius 3 is 2.61 bits per heavy atom. The maximum Gasteiger partial charge on any atom is 0.235 e. The molecule has 2 saturated carbocycles. The largest absolute Gasteiger partial charge is 0.368 e. The van der Waals surface area contributed by atoms with Gasteiger partial charge in [-0.15, -0.1) is 0 Å². The third-order valence-electron chi connectivity index (χ3n) is 5.69. The molecule has 1 saturated heterocycles. The predicted octanol–water partition coefficient (Wildman–Crippen LogP) is 2.01. The van der Waals surface area contributed by atoms with Crippen molar-refractivity contribution in [3.05, 3.63) is 0 Å². The van der Waals surface area contributed by atoms with Crippen LogP contribution in [-0.4, -0.2) is 29.4 Å². The standard InChI is InChI=1S/C15H26N2O/c1-9(2)12-5-10(6-12)8-17-13-4-3-11(7-13)14(17)15(16)18/h9-14H,3-8H2,1-2H3,(H2,16,18)/t10-,11-,12+,13+,14-/m1/s1. The van der Waals surface area contributed by atoms with Gasteiger partial charge in [0.2, 0.25) is 5.91 Å². The fraction of sp³-hybridized carbons (Fsp3) is 0.933. The molecule has 3 heteroatoms. The molecule has 3 atom stereocenters. The van der Waals surface area contributed by atoms with Crippen LogP contribution in [0, 0.1) is 23.7 Å². The first-order chi connectivity index (χ1) is 8.56. The number of carbonyl (C=O) groups is 1. The molecule has 0 aromatic heterocycles. The van der Waals surface area contributed by atoms with E-state index < -0.39 is 0 Å². The van der Waals surface area contributed by atoms with Crippen molar-refractivity contribution in [2.45, 2.75) is 58.0 Å². The van der Waals surface area contributed by atoms with Gasteiger partial charge in [0.25, 0.3) is 0 Å². The van der Waals surface area contributed by atoms with E-state index in [1.165, 1.54) is 32.1 Å². The minimum absolute atomic E-state index is 0.0573. The van der Waals surface area contributed by atoms with Crippen LogP contribution in [0.2, 0.25) is 0 Å². The average molecular weight is 250 g/mol. The van der Waals surface area contributed by atoms with Crippen molar-refractivity contribution in [1.82, 2.24) is 4.90 Å². The van der Waals surface area contributed by atoms with Crippen molar-refractivity contribution in [2.24, 2.45) is 29.4 Å². The number of nitrogens with two attached hydrogens (primary N) is 1. The molecule has 0 aromatic carbocycles. The summed E-state index contributed by atoms with van der Waals surface area (Å²) in [6.45, 7) is 5.77. The zero-order chi connectivity index (χ0) is 12.9. The zero-order valence-electron chi connectivity index (χ0n) is 11.6. The molecule has 1 heterocycles. The maximum absolute atomic E-state index is 11.6. The number of likely N-dealkylation sites (tertiary alicyclic amines) is 1. The highest BCUT2D eigenvalue weighted by atomic mass is 16.1. The van der Waals surface area contributed by atoms with E-state index in [0.29, 0.717) is 12.0 Å². The second kappa shape index (κ2) is 4.52. The third kappa shape index (κ3) is 1.97. The normalized spacial score (nSPS) is 43.4. The number of amides is 1. The molecule has 0 aromatic rings. The summed E-state index contributed by atoms with van der Waals surface area (Å²) in [6.07, 6.45) is 6.44. The Kier molecular flexibility index (Phi) is 3.13. The van der Waals surface area contributed by atoms with E-state index in [1.807, 2.05) is 0 Å². The van der Waals surface area contributed by atoms with Crippen LogP contribution in [0.3, 0.4) is 0 Å². The summed E-state index contributed by atoms with van der Waals surface area (Å²) in [4.78, 5) is 14.1. The maximum atomic E-state index is 11.6. The summed E-state index contributed by atoms with van der Waals surface area (Å²) in [7, 11) is 0. The lowest BCUT2D eigenvalue weighted by molar-refractivity contribution is -0.125. The van der Waals surface area contributed by atoms with Gasteiger partial charge in [-0.2, -0.15) is 0 Å². The number of nitrogens with zero attached hydrogens (tertiary/aromatic N) is 1. The summed E-state index contributed by atoms with van der Waals surface area (Å²) in [5.41, 5.74) is 5.60. The molecule has 3 aliphatic rings. The Morgan fingerprint density at radius 2 is 2.00 bits per heavy atom. The number of fused-ring (bicyclic) bond motifs is 2. The van der Waals surface area contributed by atoms with Crippen LogP contribution >= 0.6 is 0 Å². The lowest BCUT2D eigenvalue weighted by Gasteiger charge is -2.43. The number of carbonyl (C=O) groups excluding carboxylic acids is 1. The Labute approximate surface area is 110 Å². The quantitative estimate of drug-likeness (QED) is 0.829. The molecule has 102 valence electrons. The highest BCUT2D eigenvalue weighted by Crippen LogP contribution is 2.45. The van der Waals surface area contributed by atoms with E-state index in [9.17, 15) is 4.79 Å². The van der Waals surface area contributed by atoms with Gasteiger partial charge >= 0.3 is 0 Å². The van der Waals surface area contributed by atoms with Crippen molar-refractivity contribution >= 4 is 5.91 Å². The van der Waals surface area contributed by atoms with Crippen molar-refractivity contribution < 1.29 is 4.79 Å². The smallest absolute Gasteiger partial charge is 0.235 e. The lowest BCUT2D eigenvalue weighted by Crippen LogP contribution is -2.51. The first-order valence-electron chi connectivity index (χ1n) is 7.61. The fourth-order valence-corrected chi connectivity index (χ4v) is 4.51. The SMILES string of the molecule is CC(C)[C@H]1C[C@@H](CN2[C@H]3CC[C@H](C3)[C@@H]2C(N)=O)C1. The van der Waals surface area contributed by atoms with E-state index in [-0.39, 0.29) is 11.9 Å². The Bertz CT molecular complexity index is 335. The summed E-state index contributed by atoms with van der Waals surface area (Å²) in [5.74, 6) is 3.04. The lowest BCUT2D eigenvalue weighted by atomic mass is 9.69. The summed E-state index contributed by atoms with van der Waals surface area (Å²) >= 11 is 0. The number of hydrogen-bond donors (Lipinski definition) is 1. The van der Waals surface area contributed by atoms with E-state index in [4.69, 9.17) is 5.73 Å². The first-order valence-corrected chi connectivity index (χ1v) is 7.61. The van der Waals surface area contributed by atoms with Crippen molar-refractivity contribution in [3.63, 3.8) is 0 Å². The molecule has 0 unspecified atom stereocenters. The van der Waals surface area contributed by atoms with Gasteiger partial charge in [0.05, 0.1) is 6.04 Å². The molecular formula is C15H26N2O. The molecule has 3 fully saturated rings. The summed E-state index contributed by atoms with van der Waals surface area (Å²) in [5, 5.41) is 0. The monoisotopic (exact) mass is 250 g/mol. The van der Waals surface area contributed by atoms with Gasteiger partial charge < -0.3 is 5.73 Å². The van der Waals surface area contributed by atoms with Crippen LogP contribution in [0.5, 0.6) is 0 Å². The highest BCUT2D eigenvalue weighted by Gasteiger charge is 2.49. The fourth-order valence-electron chi connectivity index (χ4n) is 4.51. The molecule has 2 aliphatic carbocycles. The Balaban J connectivity index is 1.58. The highest BCUT2D eigenvalue weighted by molar-refractivity contribution is 5.81. The molecule has 1 aliphatic heterocycles. The third-order valence-corrected chi connectivity index (χ3v) is 5.69. The van der Waals surface area contributed by atoms with E-state index in [1.54, 1.807) is 0 Å². The van der Waals surface area contributed by atoms with Crippen molar-refractivity contribution in [2.75, 3.05) is 6.54 Å². The number of piperidine rings is 1. The van der Waals surface area contributed by atoms with Gasteiger partial charge in [-0.1, -0.05) is 13.8 Å². The second-order valence-corrected chi connectivity index (χ2v) is 7.11. The van der Waals surface area contributed by atoms with Crippen LogP contribution in [-0.2, 0) is 4.79 Å². The Hall–Kier alpha value is -0.570. The number of primary amides is 1. The topological polar surface area (TPSA) is 46.3 Å². The number of rotatable bonds is 4. The number of hydrogen-bond acceptors (Lipinski definition) is 2. The van der Waals surface area contributed by atoms with Crippen molar-refractivity contribution in [1.29, 1.82) is 0 Å². The Morgan fingerprint density at radius 1 is 1.28 bits per heavy atom. The van der Waals surface area contributed by atoms with Gasteiger partial charge in [-0.3, -0.25) is 9.69 Å². The van der Waals surface area contributed by atoms with E-state index in [2.05, 4.69) is 18.7 Å². The van der Waals surface area contributed by atoms with Crippen LogP contribution in [0.25, 0.3) is 0 Å². The molecule has 0 spiro atoms. The van der Waals surface area contributed by atoms with E-state index >= 15 is 0 Å². The van der Waals surface area contributed by atoms with Crippen LogP contribution < -0.4 is 5.73 Å². The van der Waals surface area contributed by atoms with Gasteiger partial charge in [-0.05, 0) is 55.8 Å². The van der Waals surface area contributed by atoms with Crippen molar-refractivity contribution in [3.8, 4) is 0 Å². The molecule has 2 bridgehead atoms. The van der Waals surface area contributed by atoms with Gasteiger partial charge in [0.15, 0.2) is 0 Å². The average Bonchev–Trinajstić information content (AvgIpc) is 2.81. The molecule has 18 heavy (non-hydrogen) atoms. The molecule has 2 N–H and O–H groups in total. The van der Waals surface area contributed by atoms with Gasteiger partial charge in [0.1, 0.15) is 0 Å². The molecule has 3 rings (SSSR count). The molecule has 1 amide bonds. The first kappa shape index (κ1) is 12.5. The van der Waals surface area contributed by atoms with Crippen LogP contribution in [0.4, 0.5) is 0 Å². The molecule has 0 radical (unpaired) electrons. The zero-order valence-corrected chi connectivity index (χ0v) is 11.6. The van der Waals surface area contributed by atoms with E-state index in [0.717, 1.165) is 24.3 Å². The molecular weight excluding hydrogens is 224 g/mol. The van der Waals surface area contributed by atoms with Crippen LogP contribution in [0.1, 0.15) is 46.0 Å². The predicted molar refractivity (Wildman–Crippen MR) is 71.9 cm³/mol. The summed E-state index contributed by atoms with van der Waals surface area (Å²) in [6, 6.07) is 0.715. The second-order valence-electron chi connectivity index (χ2n) is 7.11. The van der Waals surface area contributed by atoms with Crippen LogP contribution in [0.15, 0.2) is 0 Å². The summed E-state index contributed by atoms with van der Waals surface area (Å²) < 4.78 is 0. The minimum atomic E-state index is -0.0815. The van der Waals surface area contributed by atoms with Gasteiger partial charge in [-0.25, -0.2) is 0 Å².